The molecular weight excluding hydrogens is 260 g/mol. The Labute approximate surface area is 115 Å². The Bertz CT molecular complexity index is 637. The fraction of sp³-hybridized carbons (Fsp3) is 0.462. The topological polar surface area (TPSA) is 77.8 Å². The highest BCUT2D eigenvalue weighted by molar-refractivity contribution is 6.00. The molecule has 3 heterocycles. The fourth-order valence-electron chi connectivity index (χ4n) is 2.17. The summed E-state index contributed by atoms with van der Waals surface area (Å²) in [6.45, 7) is 4.58. The summed E-state index contributed by atoms with van der Waals surface area (Å²) >= 11 is 0. The predicted molar refractivity (Wildman–Crippen MR) is 70.2 cm³/mol. The van der Waals surface area contributed by atoms with Crippen LogP contribution in [0.15, 0.2) is 24.8 Å². The first-order chi connectivity index (χ1) is 9.55. The zero-order chi connectivity index (χ0) is 14.2. The van der Waals surface area contributed by atoms with E-state index in [1.807, 2.05) is 13.8 Å². The Morgan fingerprint density at radius 3 is 3.15 bits per heavy atom. The summed E-state index contributed by atoms with van der Waals surface area (Å²) in [4.78, 5) is 16.1. The van der Waals surface area contributed by atoms with Crippen molar-refractivity contribution in [3.63, 3.8) is 0 Å². The maximum absolute atomic E-state index is 12.1. The molecule has 0 aliphatic carbocycles. The molecule has 1 N–H and O–H groups in total. The fourth-order valence-corrected chi connectivity index (χ4v) is 2.17. The summed E-state index contributed by atoms with van der Waals surface area (Å²) in [5.41, 5.74) is 1.17. The molecule has 0 radical (unpaired) electrons. The van der Waals surface area contributed by atoms with Gasteiger partial charge in [-0.1, -0.05) is 0 Å². The van der Waals surface area contributed by atoms with Crippen LogP contribution in [-0.2, 0) is 9.47 Å². The van der Waals surface area contributed by atoms with Gasteiger partial charge in [0.25, 0.3) is 5.91 Å². The lowest BCUT2D eigenvalue weighted by Crippen LogP contribution is -2.34. The molecule has 3 rings (SSSR count). The minimum Gasteiger partial charge on any atom is -0.349 e. The standard InChI is InChI=1S/C13H16N4O3/c1-13(2)19-8-9(20-13)5-15-12(18)10-6-16-17-4-3-14-7-11(10)17/h3-4,6-7,9H,5,8H2,1-2H3,(H,15,18). The molecule has 0 aromatic carbocycles. The van der Waals surface area contributed by atoms with Crippen molar-refractivity contribution in [2.75, 3.05) is 13.2 Å². The van der Waals surface area contributed by atoms with Crippen LogP contribution in [0, 0.1) is 0 Å². The Morgan fingerprint density at radius 2 is 2.40 bits per heavy atom. The smallest absolute Gasteiger partial charge is 0.255 e. The van der Waals surface area contributed by atoms with E-state index in [0.29, 0.717) is 24.2 Å². The number of rotatable bonds is 3. The first-order valence-corrected chi connectivity index (χ1v) is 6.42. The summed E-state index contributed by atoms with van der Waals surface area (Å²) < 4.78 is 12.7. The first-order valence-electron chi connectivity index (χ1n) is 6.42. The van der Waals surface area contributed by atoms with Gasteiger partial charge in [0.15, 0.2) is 5.79 Å². The second-order valence-electron chi connectivity index (χ2n) is 5.13. The highest BCUT2D eigenvalue weighted by atomic mass is 16.7. The zero-order valence-electron chi connectivity index (χ0n) is 11.4. The van der Waals surface area contributed by atoms with Gasteiger partial charge in [0.1, 0.15) is 6.10 Å². The molecule has 1 amide bonds. The van der Waals surface area contributed by atoms with E-state index in [9.17, 15) is 4.79 Å². The van der Waals surface area contributed by atoms with Crippen LogP contribution in [0.4, 0.5) is 0 Å². The molecule has 2 aromatic heterocycles. The van der Waals surface area contributed by atoms with E-state index in [4.69, 9.17) is 9.47 Å². The Kier molecular flexibility index (Phi) is 3.15. The van der Waals surface area contributed by atoms with Crippen LogP contribution >= 0.6 is 0 Å². The van der Waals surface area contributed by atoms with Crippen molar-refractivity contribution in [1.82, 2.24) is 19.9 Å². The number of carbonyl (C=O) groups excluding carboxylic acids is 1. The number of fused-ring (bicyclic) bond motifs is 1. The van der Waals surface area contributed by atoms with Gasteiger partial charge in [-0.2, -0.15) is 5.10 Å². The highest BCUT2D eigenvalue weighted by Gasteiger charge is 2.32. The number of aromatic nitrogens is 3. The van der Waals surface area contributed by atoms with Gasteiger partial charge in [-0.05, 0) is 13.8 Å². The number of nitrogens with zero attached hydrogens (tertiary/aromatic N) is 3. The highest BCUT2D eigenvalue weighted by Crippen LogP contribution is 2.21. The number of hydrogen-bond donors (Lipinski definition) is 1. The third-order valence-corrected chi connectivity index (χ3v) is 3.13. The monoisotopic (exact) mass is 276 g/mol. The largest absolute Gasteiger partial charge is 0.349 e. The quantitative estimate of drug-likeness (QED) is 0.888. The Hall–Kier alpha value is -1.99. The second kappa shape index (κ2) is 4.84. The molecule has 1 atom stereocenters. The first kappa shape index (κ1) is 13.0. The average Bonchev–Trinajstić information content (AvgIpc) is 2.99. The number of amides is 1. The molecule has 1 aliphatic heterocycles. The number of ether oxygens (including phenoxy) is 2. The van der Waals surface area contributed by atoms with Gasteiger partial charge in [0.2, 0.25) is 0 Å². The molecule has 7 nitrogen and oxygen atoms in total. The van der Waals surface area contributed by atoms with Crippen LogP contribution in [0.5, 0.6) is 0 Å². The maximum Gasteiger partial charge on any atom is 0.255 e. The van der Waals surface area contributed by atoms with E-state index in [0.717, 1.165) is 0 Å². The van der Waals surface area contributed by atoms with Crippen LogP contribution in [0.1, 0.15) is 24.2 Å². The molecule has 0 bridgehead atoms. The average molecular weight is 276 g/mol. The molecule has 1 fully saturated rings. The zero-order valence-corrected chi connectivity index (χ0v) is 11.4. The third-order valence-electron chi connectivity index (χ3n) is 3.13. The molecule has 0 saturated carbocycles. The van der Waals surface area contributed by atoms with E-state index in [1.54, 1.807) is 23.1 Å². The van der Waals surface area contributed by atoms with Crippen LogP contribution in [0.2, 0.25) is 0 Å². The lowest BCUT2D eigenvalue weighted by molar-refractivity contribution is -0.137. The van der Waals surface area contributed by atoms with Gasteiger partial charge >= 0.3 is 0 Å². The van der Waals surface area contributed by atoms with E-state index in [2.05, 4.69) is 15.4 Å². The SMILES string of the molecule is CC1(C)OCC(CNC(=O)c2cnn3ccncc23)O1. The van der Waals surface area contributed by atoms with Gasteiger partial charge < -0.3 is 14.8 Å². The lowest BCUT2D eigenvalue weighted by Gasteiger charge is -2.17. The second-order valence-corrected chi connectivity index (χ2v) is 5.13. The van der Waals surface area contributed by atoms with Crippen LogP contribution in [-0.4, -0.2) is 45.5 Å². The van der Waals surface area contributed by atoms with Crippen LogP contribution in [0.25, 0.3) is 5.52 Å². The molecule has 7 heteroatoms. The van der Waals surface area contributed by atoms with Crippen molar-refractivity contribution in [3.05, 3.63) is 30.4 Å². The summed E-state index contributed by atoms with van der Waals surface area (Å²) in [6, 6.07) is 0. The summed E-state index contributed by atoms with van der Waals surface area (Å²) in [5, 5.41) is 6.93. The molecule has 1 aliphatic rings. The van der Waals surface area contributed by atoms with Crippen molar-refractivity contribution in [1.29, 1.82) is 0 Å². The molecular formula is C13H16N4O3. The summed E-state index contributed by atoms with van der Waals surface area (Å²) in [5.74, 6) is -0.773. The van der Waals surface area contributed by atoms with Crippen molar-refractivity contribution >= 4 is 11.4 Å². The van der Waals surface area contributed by atoms with Crippen LogP contribution in [0.3, 0.4) is 0 Å². The Balaban J connectivity index is 1.65. The number of hydrogen-bond acceptors (Lipinski definition) is 5. The molecule has 1 saturated heterocycles. The van der Waals surface area contributed by atoms with Gasteiger partial charge in [-0.15, -0.1) is 0 Å². The van der Waals surface area contributed by atoms with E-state index in [1.165, 1.54) is 6.20 Å². The minimum absolute atomic E-state index is 0.131. The minimum atomic E-state index is -0.580. The van der Waals surface area contributed by atoms with Crippen molar-refractivity contribution in [2.24, 2.45) is 0 Å². The van der Waals surface area contributed by atoms with Crippen molar-refractivity contribution in [2.45, 2.75) is 25.7 Å². The van der Waals surface area contributed by atoms with Crippen molar-refractivity contribution in [3.8, 4) is 0 Å². The van der Waals surface area contributed by atoms with Crippen molar-refractivity contribution < 1.29 is 14.3 Å². The normalized spacial score (nSPS) is 21.2. The van der Waals surface area contributed by atoms with Crippen LogP contribution < -0.4 is 5.32 Å². The number of nitrogens with one attached hydrogen (secondary N) is 1. The summed E-state index contributed by atoms with van der Waals surface area (Å²) in [7, 11) is 0. The van der Waals surface area contributed by atoms with E-state index in [-0.39, 0.29) is 12.0 Å². The maximum atomic E-state index is 12.1. The summed E-state index contributed by atoms with van der Waals surface area (Å²) in [6.07, 6.45) is 6.33. The Morgan fingerprint density at radius 1 is 1.55 bits per heavy atom. The van der Waals surface area contributed by atoms with E-state index < -0.39 is 5.79 Å². The molecule has 2 aromatic rings. The number of carbonyl (C=O) groups is 1. The molecule has 1 unspecified atom stereocenters. The van der Waals surface area contributed by atoms with Gasteiger partial charge in [0.05, 0.1) is 30.1 Å². The molecule has 20 heavy (non-hydrogen) atoms. The molecule has 106 valence electrons. The lowest BCUT2D eigenvalue weighted by atomic mass is 10.2. The van der Waals surface area contributed by atoms with E-state index >= 15 is 0 Å². The van der Waals surface area contributed by atoms with Gasteiger partial charge in [-0.25, -0.2) is 4.52 Å². The predicted octanol–water partition coefficient (Wildman–Crippen LogP) is 0.611. The third kappa shape index (κ3) is 2.50. The van der Waals surface area contributed by atoms with Gasteiger partial charge in [0, 0.05) is 18.9 Å². The van der Waals surface area contributed by atoms with Gasteiger partial charge in [-0.3, -0.25) is 9.78 Å². The molecule has 0 spiro atoms.